The molecule has 3 aliphatic heterocycles. The van der Waals surface area contributed by atoms with Crippen molar-refractivity contribution in [2.24, 2.45) is 5.41 Å². The van der Waals surface area contributed by atoms with Gasteiger partial charge in [0, 0.05) is 66.2 Å². The Morgan fingerprint density at radius 1 is 1.02 bits per heavy atom. The van der Waals surface area contributed by atoms with Crippen LogP contribution in [0.1, 0.15) is 59.9 Å². The second-order valence-corrected chi connectivity index (χ2v) is 13.3. The van der Waals surface area contributed by atoms with Crippen molar-refractivity contribution in [1.82, 2.24) is 4.98 Å². The summed E-state index contributed by atoms with van der Waals surface area (Å²) in [7, 11) is 0. The van der Waals surface area contributed by atoms with E-state index in [1.165, 1.54) is 11.3 Å². The van der Waals surface area contributed by atoms with Crippen LogP contribution in [0.5, 0.6) is 0 Å². The summed E-state index contributed by atoms with van der Waals surface area (Å²) >= 11 is 1.27. The van der Waals surface area contributed by atoms with Crippen molar-refractivity contribution in [3.63, 3.8) is 0 Å². The molecule has 2 aromatic heterocycles. The summed E-state index contributed by atoms with van der Waals surface area (Å²) < 4.78 is 5.55. The highest BCUT2D eigenvalue weighted by molar-refractivity contribution is 7.17. The molecule has 0 unspecified atom stereocenters. The van der Waals surface area contributed by atoms with E-state index in [2.05, 4.69) is 15.2 Å². The van der Waals surface area contributed by atoms with Gasteiger partial charge in [-0.15, -0.1) is 11.3 Å². The summed E-state index contributed by atoms with van der Waals surface area (Å²) in [6.45, 7) is 7.51. The molecule has 9 nitrogen and oxygen atoms in total. The number of aromatic carboxylic acids is 1. The first-order valence-electron chi connectivity index (χ1n) is 15.2. The molecule has 2 N–H and O–H groups in total. The molecule has 0 radical (unpaired) electrons. The quantitative estimate of drug-likeness (QED) is 0.273. The van der Waals surface area contributed by atoms with Gasteiger partial charge in [-0.25, -0.2) is 9.78 Å². The fourth-order valence-corrected chi connectivity index (χ4v) is 8.02. The van der Waals surface area contributed by atoms with E-state index in [-0.39, 0.29) is 17.2 Å². The Labute approximate surface area is 265 Å². The number of carbonyl (C=O) groups is 3. The number of nitrogens with zero attached hydrogens (tertiary/aromatic N) is 3. The highest BCUT2D eigenvalue weighted by Gasteiger charge is 2.45. The van der Waals surface area contributed by atoms with Crippen molar-refractivity contribution < 1.29 is 24.2 Å². The van der Waals surface area contributed by atoms with Crippen LogP contribution in [-0.2, 0) is 11.2 Å². The van der Waals surface area contributed by atoms with Crippen LogP contribution >= 0.6 is 11.3 Å². The fourth-order valence-electron chi connectivity index (χ4n) is 6.79. The Morgan fingerprint density at radius 3 is 2.49 bits per heavy atom. The number of ether oxygens (including phenoxy) is 1. The van der Waals surface area contributed by atoms with Crippen LogP contribution in [-0.4, -0.2) is 60.7 Å². The first-order valence-corrected chi connectivity index (χ1v) is 16.0. The molecular weight excluding hydrogens is 588 g/mol. The molecule has 3 aliphatic rings. The number of para-hydroxylation sites is 1. The minimum Gasteiger partial charge on any atom is -0.477 e. The largest absolute Gasteiger partial charge is 0.477 e. The predicted molar refractivity (Wildman–Crippen MR) is 175 cm³/mol. The fraction of sp³-hybridized carbons (Fsp3) is 0.314. The van der Waals surface area contributed by atoms with Gasteiger partial charge in [0.25, 0.3) is 11.8 Å². The number of carboxylic acids is 1. The van der Waals surface area contributed by atoms with Gasteiger partial charge in [-0.1, -0.05) is 18.2 Å². The van der Waals surface area contributed by atoms with Crippen molar-refractivity contribution >= 4 is 46.3 Å². The normalized spacial score (nSPS) is 16.8. The molecule has 0 aliphatic carbocycles. The molecule has 0 saturated carbocycles. The van der Waals surface area contributed by atoms with E-state index < -0.39 is 5.97 Å². The van der Waals surface area contributed by atoms with Gasteiger partial charge in [0.2, 0.25) is 0 Å². The zero-order chi connectivity index (χ0) is 31.3. The van der Waals surface area contributed by atoms with Gasteiger partial charge >= 0.3 is 5.97 Å². The molecular formula is C35H34N4O5S. The lowest BCUT2D eigenvalue weighted by molar-refractivity contribution is -0.000512. The van der Waals surface area contributed by atoms with E-state index in [0.717, 1.165) is 72.0 Å². The average Bonchev–Trinajstić information content (AvgIpc) is 3.27. The number of carbonyl (C=O) groups excluding carboxylic acids is 2. The van der Waals surface area contributed by atoms with E-state index in [0.29, 0.717) is 40.5 Å². The lowest BCUT2D eigenvalue weighted by Gasteiger charge is -2.53. The predicted octanol–water partition coefficient (Wildman–Crippen LogP) is 6.20. The summed E-state index contributed by atoms with van der Waals surface area (Å²) in [6, 6.07) is 16.5. The molecule has 1 spiro atoms. The maximum atomic E-state index is 13.9. The number of thiophene rings is 1. The van der Waals surface area contributed by atoms with Gasteiger partial charge in [0.15, 0.2) is 0 Å². The summed E-state index contributed by atoms with van der Waals surface area (Å²) in [5, 5.41) is 12.7. The van der Waals surface area contributed by atoms with Gasteiger partial charge in [-0.2, -0.15) is 0 Å². The first kappa shape index (κ1) is 29.2. The third-order valence-electron chi connectivity index (χ3n) is 9.28. The van der Waals surface area contributed by atoms with E-state index in [1.807, 2.05) is 44.2 Å². The van der Waals surface area contributed by atoms with Gasteiger partial charge in [0.1, 0.15) is 10.7 Å². The highest BCUT2D eigenvalue weighted by atomic mass is 32.1. The number of aromatic nitrogens is 1. The number of hydrogen-bond donors (Lipinski definition) is 2. The first-order chi connectivity index (χ1) is 21.7. The zero-order valence-electron chi connectivity index (χ0n) is 25.3. The Hall–Kier alpha value is -4.54. The van der Waals surface area contributed by atoms with Crippen molar-refractivity contribution in [2.45, 2.75) is 33.1 Å². The van der Waals surface area contributed by atoms with Crippen LogP contribution in [0.4, 0.5) is 17.2 Å². The summed E-state index contributed by atoms with van der Waals surface area (Å²) in [5.41, 5.74) is 6.13. The maximum absolute atomic E-state index is 13.9. The summed E-state index contributed by atoms with van der Waals surface area (Å²) in [6.07, 6.45) is 4.42. The van der Waals surface area contributed by atoms with Crippen LogP contribution in [0.2, 0.25) is 0 Å². The number of carboxylic acid groups (broad SMARTS) is 1. The van der Waals surface area contributed by atoms with E-state index >= 15 is 0 Å². The minimum absolute atomic E-state index is 0.156. The maximum Gasteiger partial charge on any atom is 0.346 e. The topological polar surface area (TPSA) is 112 Å². The van der Waals surface area contributed by atoms with Crippen molar-refractivity contribution in [3.05, 3.63) is 93.5 Å². The Bertz CT molecular complexity index is 1820. The lowest BCUT2D eigenvalue weighted by Crippen LogP contribution is -2.59. The number of benzene rings is 2. The monoisotopic (exact) mass is 622 g/mol. The number of amides is 2. The van der Waals surface area contributed by atoms with Crippen molar-refractivity contribution in [3.8, 4) is 10.4 Å². The zero-order valence-corrected chi connectivity index (χ0v) is 26.1. The van der Waals surface area contributed by atoms with E-state index in [1.54, 1.807) is 35.4 Å². The molecule has 2 aromatic carbocycles. The molecule has 2 amide bonds. The van der Waals surface area contributed by atoms with Crippen molar-refractivity contribution in [1.29, 1.82) is 0 Å². The van der Waals surface area contributed by atoms with Crippen LogP contribution in [0.3, 0.4) is 0 Å². The lowest BCUT2D eigenvalue weighted by atomic mass is 9.73. The number of anilines is 3. The molecule has 45 heavy (non-hydrogen) atoms. The summed E-state index contributed by atoms with van der Waals surface area (Å²) in [5.74, 6) is -0.628. The average molecular weight is 623 g/mol. The molecule has 10 heteroatoms. The highest BCUT2D eigenvalue weighted by Crippen LogP contribution is 2.44. The standard InChI is InChI=1S/C35H34N4O5S/c1-21-17-27(31(36-18-21)38-19-35(20-38)12-15-44-16-13-35)32(40)37-24-9-7-23(8-10-24)33(41)39-14-11-25-22(2)29(34(42)43)45-30(25)26-5-3-4-6-28(26)39/h3-10,17-18H,11-16,19-20H2,1-2H3,(H,37,40)(H,42,43). The number of rotatable bonds is 5. The van der Waals surface area contributed by atoms with E-state index in [9.17, 15) is 19.5 Å². The second-order valence-electron chi connectivity index (χ2n) is 12.3. The Balaban J connectivity index is 1.09. The third-order valence-corrected chi connectivity index (χ3v) is 10.6. The van der Waals surface area contributed by atoms with Crippen molar-refractivity contribution in [2.75, 3.05) is 48.0 Å². The molecule has 230 valence electrons. The van der Waals surface area contributed by atoms with Crippen LogP contribution in [0.25, 0.3) is 10.4 Å². The van der Waals surface area contributed by atoms with Gasteiger partial charge in [-0.3, -0.25) is 9.59 Å². The van der Waals surface area contributed by atoms with E-state index in [4.69, 9.17) is 4.74 Å². The number of pyridine rings is 1. The molecule has 2 fully saturated rings. The smallest absolute Gasteiger partial charge is 0.346 e. The molecule has 5 heterocycles. The third kappa shape index (κ3) is 5.27. The second kappa shape index (κ2) is 11.4. The number of fused-ring (bicyclic) bond motifs is 3. The van der Waals surface area contributed by atoms with Crippen LogP contribution in [0, 0.1) is 19.3 Å². The molecule has 7 rings (SSSR count). The summed E-state index contributed by atoms with van der Waals surface area (Å²) in [4.78, 5) is 49.0. The number of aryl methyl sites for hydroxylation is 1. The number of hydrogen-bond acceptors (Lipinski definition) is 7. The number of nitrogens with one attached hydrogen (secondary N) is 1. The molecule has 0 bridgehead atoms. The SMILES string of the molecule is Cc1cnc(N2CC3(CCOCC3)C2)c(C(=O)Nc2ccc(C(=O)N3CCc4c(sc(C(=O)O)c4C)-c4ccccc43)cc2)c1. The van der Waals surface area contributed by atoms with Gasteiger partial charge < -0.3 is 25.0 Å². The Morgan fingerprint density at radius 2 is 1.76 bits per heavy atom. The van der Waals surface area contributed by atoms with Gasteiger partial charge in [-0.05, 0) is 86.2 Å². The minimum atomic E-state index is -0.929. The Kier molecular flexibility index (Phi) is 7.41. The van der Waals surface area contributed by atoms with Crippen LogP contribution in [0.15, 0.2) is 60.8 Å². The molecule has 0 atom stereocenters. The van der Waals surface area contributed by atoms with Gasteiger partial charge in [0.05, 0.1) is 11.3 Å². The molecule has 2 saturated heterocycles. The molecule has 4 aromatic rings. The van der Waals surface area contributed by atoms with Crippen LogP contribution < -0.4 is 15.1 Å².